The van der Waals surface area contributed by atoms with Gasteiger partial charge in [-0.1, -0.05) is 42.8 Å². The molecule has 3 nitrogen and oxygen atoms in total. The van der Waals surface area contributed by atoms with E-state index in [1.807, 2.05) is 30.6 Å². The Bertz CT molecular complexity index is 1580. The van der Waals surface area contributed by atoms with Gasteiger partial charge in [-0.2, -0.15) is 12.1 Å². The summed E-state index contributed by atoms with van der Waals surface area (Å²) in [5.41, 5.74) is 7.44. The van der Waals surface area contributed by atoms with Gasteiger partial charge in [0, 0.05) is 37.2 Å². The van der Waals surface area contributed by atoms with Gasteiger partial charge in [0.2, 0.25) is 0 Å². The predicted octanol–water partition coefficient (Wildman–Crippen LogP) is 7.78. The molecule has 0 aliphatic rings. The second kappa shape index (κ2) is 11.0. The zero-order chi connectivity index (χ0) is 23.5. The monoisotopic (exact) mass is 650 g/mol. The van der Waals surface area contributed by atoms with Gasteiger partial charge in [0.1, 0.15) is 0 Å². The van der Waals surface area contributed by atoms with Crippen LogP contribution in [0.25, 0.3) is 42.8 Å². The summed E-state index contributed by atoms with van der Waals surface area (Å²) < 4.78 is 2.50. The molecule has 0 spiro atoms. The van der Waals surface area contributed by atoms with E-state index >= 15 is 0 Å². The van der Waals surface area contributed by atoms with E-state index in [9.17, 15) is 0 Å². The number of aryl methyl sites for hydroxylation is 3. The first-order chi connectivity index (χ1) is 16.6. The van der Waals surface area contributed by atoms with E-state index in [4.69, 9.17) is 0 Å². The number of nitrogens with zero attached hydrogens (tertiary/aromatic N) is 3. The first-order valence-electron chi connectivity index (χ1n) is 11.1. The van der Waals surface area contributed by atoms with E-state index in [1.165, 1.54) is 36.9 Å². The van der Waals surface area contributed by atoms with Gasteiger partial charge in [-0.3, -0.25) is 4.98 Å². The van der Waals surface area contributed by atoms with Crippen LogP contribution in [-0.4, -0.2) is 15.0 Å². The minimum absolute atomic E-state index is 0. The normalized spacial score (nSPS) is 10.5. The summed E-state index contributed by atoms with van der Waals surface area (Å²) in [6.45, 7) is 6.24. The number of pyridine rings is 3. The summed E-state index contributed by atoms with van der Waals surface area (Å²) >= 11 is 1.77. The number of aromatic nitrogens is 3. The van der Waals surface area contributed by atoms with Crippen molar-refractivity contribution < 1.29 is 20.1 Å². The van der Waals surface area contributed by atoms with Crippen LogP contribution in [0.5, 0.6) is 0 Å². The van der Waals surface area contributed by atoms with Crippen LogP contribution in [0.15, 0.2) is 85.3 Å². The van der Waals surface area contributed by atoms with Crippen molar-refractivity contribution in [2.24, 2.45) is 0 Å². The molecular weight excluding hydrogens is 627 g/mol. The summed E-state index contributed by atoms with van der Waals surface area (Å²) in [6.07, 6.45) is 5.61. The van der Waals surface area contributed by atoms with Crippen molar-refractivity contribution in [3.8, 4) is 22.6 Å². The Morgan fingerprint density at radius 2 is 1.54 bits per heavy atom. The van der Waals surface area contributed by atoms with Gasteiger partial charge in [0.05, 0.1) is 4.70 Å². The molecule has 0 atom stereocenters. The Kier molecular flexibility index (Phi) is 7.82. The van der Waals surface area contributed by atoms with Crippen LogP contribution in [0, 0.1) is 32.9 Å². The second-order valence-electron chi connectivity index (χ2n) is 8.23. The molecular formula is C30H23IrN3S-2. The predicted molar refractivity (Wildman–Crippen MR) is 142 cm³/mol. The second-order valence-corrected chi connectivity index (χ2v) is 9.31. The Balaban J connectivity index is 0.000000165. The van der Waals surface area contributed by atoms with Crippen LogP contribution >= 0.6 is 11.3 Å². The third-order valence-corrected chi connectivity index (χ3v) is 6.85. The third-order valence-electron chi connectivity index (χ3n) is 5.73. The van der Waals surface area contributed by atoms with E-state index < -0.39 is 0 Å². The first-order valence-corrected chi connectivity index (χ1v) is 11.9. The molecule has 2 aromatic carbocycles. The molecule has 4 aromatic heterocycles. The van der Waals surface area contributed by atoms with Crippen molar-refractivity contribution in [2.75, 3.05) is 0 Å². The van der Waals surface area contributed by atoms with Crippen molar-refractivity contribution in [1.29, 1.82) is 0 Å². The Morgan fingerprint density at radius 3 is 2.29 bits per heavy atom. The van der Waals surface area contributed by atoms with Crippen molar-refractivity contribution in [1.82, 2.24) is 15.0 Å². The quantitative estimate of drug-likeness (QED) is 0.180. The topological polar surface area (TPSA) is 38.7 Å². The Labute approximate surface area is 223 Å². The molecule has 0 aliphatic heterocycles. The fourth-order valence-electron chi connectivity index (χ4n) is 3.66. The van der Waals surface area contributed by atoms with Gasteiger partial charge < -0.3 is 9.97 Å². The maximum Gasteiger partial charge on any atom is 0.0515 e. The molecule has 0 unspecified atom stereocenters. The average Bonchev–Trinajstić information content (AvgIpc) is 3.25. The van der Waals surface area contributed by atoms with E-state index in [0.717, 1.165) is 22.6 Å². The molecule has 1 radical (unpaired) electrons. The van der Waals surface area contributed by atoms with Gasteiger partial charge in [-0.25, -0.2) is 0 Å². The van der Waals surface area contributed by atoms with Gasteiger partial charge in [-0.05, 0) is 59.5 Å². The van der Waals surface area contributed by atoms with Crippen molar-refractivity contribution in [2.45, 2.75) is 20.8 Å². The van der Waals surface area contributed by atoms with Crippen molar-refractivity contribution >= 4 is 31.5 Å². The molecule has 0 N–H and O–H groups in total. The molecule has 4 heterocycles. The molecule has 0 aliphatic carbocycles. The largest absolute Gasteiger partial charge is 0.317 e. The van der Waals surface area contributed by atoms with Crippen LogP contribution in [0.2, 0.25) is 0 Å². The molecule has 0 saturated heterocycles. The first kappa shape index (κ1) is 24.9. The van der Waals surface area contributed by atoms with Crippen LogP contribution in [0.4, 0.5) is 0 Å². The molecule has 6 aromatic rings. The number of hydrogen-bond donors (Lipinski definition) is 0. The zero-order valence-electron chi connectivity index (χ0n) is 19.7. The summed E-state index contributed by atoms with van der Waals surface area (Å²) in [7, 11) is 0. The van der Waals surface area contributed by atoms with Gasteiger partial charge in [0.25, 0.3) is 0 Å². The molecule has 0 saturated carbocycles. The third kappa shape index (κ3) is 5.54. The number of hydrogen-bond acceptors (Lipinski definition) is 4. The summed E-state index contributed by atoms with van der Waals surface area (Å²) in [6, 6.07) is 28.9. The minimum atomic E-state index is 0. The standard InChI is InChI=1S/C16H9N2S.C14H14N.Ir/c1-2-7-15-11(5-1)12-9-14(18-10-16(12)19-15)13-6-3-4-8-17-13;1-10-4-6-13(7-5-10)14-8-11(2)12(3)9-15-14;/h1-5,7-10H;4-6,8-9H,1-3H3;/q2*-1;. The van der Waals surface area contributed by atoms with Crippen LogP contribution < -0.4 is 0 Å². The zero-order valence-corrected chi connectivity index (χ0v) is 22.9. The van der Waals surface area contributed by atoms with Crippen LogP contribution in [-0.2, 0) is 20.1 Å². The van der Waals surface area contributed by atoms with Crippen LogP contribution in [0.3, 0.4) is 0 Å². The molecule has 5 heteroatoms. The molecule has 35 heavy (non-hydrogen) atoms. The summed E-state index contributed by atoms with van der Waals surface area (Å²) in [5, 5.41) is 2.52. The fraction of sp³-hybridized carbons (Fsp3) is 0.100. The maximum atomic E-state index is 4.49. The molecule has 175 valence electrons. The molecule has 6 rings (SSSR count). The molecule has 0 fully saturated rings. The fourth-order valence-corrected chi connectivity index (χ4v) is 4.72. The Morgan fingerprint density at radius 1 is 0.714 bits per heavy atom. The number of thiophene rings is 1. The smallest absolute Gasteiger partial charge is 0.0515 e. The Hall–Kier alpha value is -3.24. The molecule has 0 bridgehead atoms. The van der Waals surface area contributed by atoms with E-state index in [1.54, 1.807) is 17.5 Å². The van der Waals surface area contributed by atoms with Gasteiger partial charge >= 0.3 is 0 Å². The van der Waals surface area contributed by atoms with E-state index in [0.29, 0.717) is 0 Å². The van der Waals surface area contributed by atoms with E-state index in [2.05, 4.69) is 96.4 Å². The SMILES string of the molecule is Cc1c[c-]c(-c2cc(C)c(C)cn2)cc1.[Ir].[c-]1cccnc1-c1cc2c(cn1)sc1ccccc12. The summed E-state index contributed by atoms with van der Waals surface area (Å²) in [5.74, 6) is 0. The van der Waals surface area contributed by atoms with Gasteiger partial charge in [-0.15, -0.1) is 52.8 Å². The number of fused-ring (bicyclic) bond motifs is 3. The van der Waals surface area contributed by atoms with E-state index in [-0.39, 0.29) is 20.1 Å². The minimum Gasteiger partial charge on any atom is -0.317 e. The molecule has 0 amide bonds. The average molecular weight is 650 g/mol. The van der Waals surface area contributed by atoms with Gasteiger partial charge in [0.15, 0.2) is 0 Å². The summed E-state index contributed by atoms with van der Waals surface area (Å²) in [4.78, 5) is 13.2. The van der Waals surface area contributed by atoms with Crippen LogP contribution in [0.1, 0.15) is 16.7 Å². The number of rotatable bonds is 2. The van der Waals surface area contributed by atoms with Crippen molar-refractivity contribution in [3.63, 3.8) is 0 Å². The van der Waals surface area contributed by atoms with Crippen molar-refractivity contribution in [3.05, 3.63) is 114 Å². The number of benzene rings is 2. The maximum absolute atomic E-state index is 4.49.